The van der Waals surface area contributed by atoms with Gasteiger partial charge in [-0.15, -0.1) is 4.36 Å². The average Bonchev–Trinajstić information content (AvgIpc) is 2.12. The molecule has 0 saturated carbocycles. The van der Waals surface area contributed by atoms with Crippen LogP contribution in [0.3, 0.4) is 0 Å². The van der Waals surface area contributed by atoms with Crippen molar-refractivity contribution in [1.29, 1.82) is 0 Å². The first-order chi connectivity index (χ1) is 5.79. The molecule has 0 fully saturated rings. The van der Waals surface area contributed by atoms with Crippen LogP contribution >= 0.6 is 0 Å². The second-order valence-corrected chi connectivity index (χ2v) is 3.82. The number of hydrogen-bond donors (Lipinski definition) is 0. The lowest BCUT2D eigenvalue weighted by Crippen LogP contribution is -2.13. The Labute approximate surface area is 72.3 Å². The molecule has 1 atom stereocenters. The number of hydrogen-bond acceptors (Lipinski definition) is 3. The van der Waals surface area contributed by atoms with E-state index in [9.17, 15) is 9.35 Å². The van der Waals surface area contributed by atoms with E-state index < -0.39 is 11.0 Å². The average molecular weight is 181 g/mol. The molecular formula is C8H7NO2S. The Morgan fingerprint density at radius 1 is 1.42 bits per heavy atom. The summed E-state index contributed by atoms with van der Waals surface area (Å²) in [6.07, 6.45) is 0. The molecule has 12 heavy (non-hydrogen) atoms. The van der Waals surface area contributed by atoms with Crippen molar-refractivity contribution in [1.82, 2.24) is 0 Å². The lowest BCUT2D eigenvalue weighted by molar-refractivity contribution is 0.0997. The molecule has 0 amide bonds. The SMILES string of the molecule is O=C1CN=[SH+]([O-])c2ccccc21. The lowest BCUT2D eigenvalue weighted by Gasteiger charge is -2.11. The van der Waals surface area contributed by atoms with Crippen LogP contribution in [0.5, 0.6) is 0 Å². The maximum atomic E-state index is 11.3. The van der Waals surface area contributed by atoms with Gasteiger partial charge in [-0.1, -0.05) is 23.1 Å². The normalized spacial score (nSPS) is 21.4. The Hall–Kier alpha value is -1.00. The van der Waals surface area contributed by atoms with E-state index in [1.165, 1.54) is 0 Å². The molecule has 1 aliphatic heterocycles. The Morgan fingerprint density at radius 3 is 2.92 bits per heavy atom. The molecule has 0 radical (unpaired) electrons. The number of nitrogens with zero attached hydrogens (tertiary/aromatic N) is 1. The maximum Gasteiger partial charge on any atom is 0.193 e. The third kappa shape index (κ3) is 1.09. The fourth-order valence-electron chi connectivity index (χ4n) is 1.17. The van der Waals surface area contributed by atoms with Gasteiger partial charge in [0.25, 0.3) is 0 Å². The molecule has 0 aliphatic carbocycles. The summed E-state index contributed by atoms with van der Waals surface area (Å²) in [5, 5.41) is 0. The Morgan fingerprint density at radius 2 is 2.17 bits per heavy atom. The zero-order chi connectivity index (χ0) is 8.55. The summed E-state index contributed by atoms with van der Waals surface area (Å²) in [5.41, 5.74) is 0.564. The fraction of sp³-hybridized carbons (Fsp3) is 0.125. The number of carbonyl (C=O) groups excluding carboxylic acids is 1. The summed E-state index contributed by atoms with van der Waals surface area (Å²) in [7, 11) is -1.68. The molecule has 1 unspecified atom stereocenters. The minimum atomic E-state index is -1.68. The Bertz CT molecular complexity index is 373. The lowest BCUT2D eigenvalue weighted by atomic mass is 10.1. The van der Waals surface area contributed by atoms with Crippen LogP contribution in [0.1, 0.15) is 10.4 Å². The van der Waals surface area contributed by atoms with Crippen molar-refractivity contribution < 1.29 is 9.35 Å². The number of carbonyl (C=O) groups is 1. The zero-order valence-electron chi connectivity index (χ0n) is 6.23. The van der Waals surface area contributed by atoms with Crippen LogP contribution in [0.2, 0.25) is 0 Å². The van der Waals surface area contributed by atoms with Gasteiger partial charge >= 0.3 is 0 Å². The van der Waals surface area contributed by atoms with Gasteiger partial charge in [-0.25, -0.2) is 0 Å². The summed E-state index contributed by atoms with van der Waals surface area (Å²) in [6.45, 7) is 0.0617. The third-order valence-corrected chi connectivity index (χ3v) is 2.95. The Kier molecular flexibility index (Phi) is 1.78. The second-order valence-electron chi connectivity index (χ2n) is 2.51. The maximum absolute atomic E-state index is 11.3. The van der Waals surface area contributed by atoms with Crippen molar-refractivity contribution >= 4 is 16.8 Å². The van der Waals surface area contributed by atoms with Crippen LogP contribution in [0.25, 0.3) is 0 Å². The van der Waals surface area contributed by atoms with Crippen molar-refractivity contribution in [3.05, 3.63) is 29.8 Å². The molecule has 4 heteroatoms. The van der Waals surface area contributed by atoms with Gasteiger partial charge in [0.2, 0.25) is 0 Å². The molecular weight excluding hydrogens is 174 g/mol. The molecule has 3 nitrogen and oxygen atoms in total. The van der Waals surface area contributed by atoms with Crippen LogP contribution in [0.15, 0.2) is 33.5 Å². The van der Waals surface area contributed by atoms with Gasteiger partial charge in [-0.2, -0.15) is 0 Å². The van der Waals surface area contributed by atoms with Crippen LogP contribution in [-0.4, -0.2) is 16.9 Å². The number of thiol groups is 1. The van der Waals surface area contributed by atoms with E-state index in [-0.39, 0.29) is 12.3 Å². The number of rotatable bonds is 0. The number of Topliss-reactive ketones (excluding diaryl/α,β-unsaturated/α-hetero) is 1. The summed E-state index contributed by atoms with van der Waals surface area (Å²) in [5.74, 6) is -0.0415. The smallest absolute Gasteiger partial charge is 0.193 e. The molecule has 0 saturated heterocycles. The third-order valence-electron chi connectivity index (χ3n) is 1.75. The standard InChI is InChI=1S/C8H7NO2S/c10-7-5-9-12(11)8-4-2-1-3-6(7)8/h1-4,12H,5H2. The van der Waals surface area contributed by atoms with Gasteiger partial charge in [-0.05, 0) is 12.1 Å². The van der Waals surface area contributed by atoms with Gasteiger partial charge in [0.05, 0.1) is 5.56 Å². The van der Waals surface area contributed by atoms with Crippen molar-refractivity contribution in [2.75, 3.05) is 6.54 Å². The Balaban J connectivity index is 2.66. The minimum Gasteiger partial charge on any atom is -0.628 e. The molecule has 0 N–H and O–H groups in total. The largest absolute Gasteiger partial charge is 0.628 e. The first-order valence-electron chi connectivity index (χ1n) is 3.56. The van der Waals surface area contributed by atoms with Gasteiger partial charge in [0.1, 0.15) is 11.4 Å². The van der Waals surface area contributed by atoms with Gasteiger partial charge in [0, 0.05) is 0 Å². The van der Waals surface area contributed by atoms with Crippen LogP contribution in [-0.2, 0) is 11.0 Å². The van der Waals surface area contributed by atoms with E-state index in [1.54, 1.807) is 24.3 Å². The summed E-state index contributed by atoms with van der Waals surface area (Å²) < 4.78 is 15.0. The highest BCUT2D eigenvalue weighted by atomic mass is 32.2. The predicted octanol–water partition coefficient (Wildman–Crippen LogP) is 0.906. The molecule has 62 valence electrons. The summed E-state index contributed by atoms with van der Waals surface area (Å²) in [4.78, 5) is 11.8. The topological polar surface area (TPSA) is 52.5 Å². The van der Waals surface area contributed by atoms with Crippen molar-refractivity contribution in [3.63, 3.8) is 0 Å². The molecule has 1 heterocycles. The van der Waals surface area contributed by atoms with Gasteiger partial charge in [-0.3, -0.25) is 4.79 Å². The van der Waals surface area contributed by atoms with Crippen molar-refractivity contribution in [2.24, 2.45) is 4.36 Å². The first kappa shape index (κ1) is 7.64. The first-order valence-corrected chi connectivity index (χ1v) is 4.77. The van der Waals surface area contributed by atoms with E-state index in [0.717, 1.165) is 0 Å². The van der Waals surface area contributed by atoms with E-state index in [2.05, 4.69) is 4.36 Å². The molecule has 0 bridgehead atoms. The predicted molar refractivity (Wildman–Crippen MR) is 45.9 cm³/mol. The van der Waals surface area contributed by atoms with E-state index >= 15 is 0 Å². The molecule has 1 aromatic rings. The van der Waals surface area contributed by atoms with E-state index in [0.29, 0.717) is 10.5 Å². The second kappa shape index (κ2) is 2.80. The van der Waals surface area contributed by atoms with E-state index in [4.69, 9.17) is 0 Å². The van der Waals surface area contributed by atoms with Gasteiger partial charge < -0.3 is 4.55 Å². The van der Waals surface area contributed by atoms with Crippen LogP contribution in [0.4, 0.5) is 0 Å². The highest BCUT2D eigenvalue weighted by Crippen LogP contribution is 2.18. The number of fused-ring (bicyclic) bond motifs is 1. The van der Waals surface area contributed by atoms with E-state index in [1.807, 2.05) is 0 Å². The molecule has 2 rings (SSSR count). The van der Waals surface area contributed by atoms with Crippen molar-refractivity contribution in [3.8, 4) is 0 Å². The molecule has 1 aliphatic rings. The zero-order valence-corrected chi connectivity index (χ0v) is 7.12. The number of ketones is 1. The van der Waals surface area contributed by atoms with Gasteiger partial charge in [0.15, 0.2) is 5.78 Å². The van der Waals surface area contributed by atoms with Crippen LogP contribution < -0.4 is 0 Å². The fourth-order valence-corrected chi connectivity index (χ4v) is 2.19. The quantitative estimate of drug-likeness (QED) is 0.441. The minimum absolute atomic E-state index is 0.0415. The highest BCUT2D eigenvalue weighted by Gasteiger charge is 2.18. The summed E-state index contributed by atoms with van der Waals surface area (Å²) >= 11 is 0. The molecule has 0 spiro atoms. The van der Waals surface area contributed by atoms with Crippen LogP contribution in [0, 0.1) is 0 Å². The monoisotopic (exact) mass is 181 g/mol. The molecule has 1 aromatic carbocycles. The number of benzene rings is 1. The molecule has 0 aromatic heterocycles. The highest BCUT2D eigenvalue weighted by molar-refractivity contribution is 7.81. The summed E-state index contributed by atoms with van der Waals surface area (Å²) in [6, 6.07) is 6.92. The van der Waals surface area contributed by atoms with Crippen molar-refractivity contribution in [2.45, 2.75) is 4.90 Å².